The Morgan fingerprint density at radius 3 is 2.38 bits per heavy atom. The van der Waals surface area contributed by atoms with Crippen molar-refractivity contribution in [2.24, 2.45) is 5.92 Å². The van der Waals surface area contributed by atoms with Crippen LogP contribution in [-0.4, -0.2) is 23.9 Å². The molecule has 0 aliphatic carbocycles. The molecule has 0 radical (unpaired) electrons. The summed E-state index contributed by atoms with van der Waals surface area (Å²) in [6.07, 6.45) is -3.95. The Morgan fingerprint density at radius 1 is 1.29 bits per heavy atom. The lowest BCUT2D eigenvalue weighted by molar-refractivity contribution is -0.140. The van der Waals surface area contributed by atoms with Crippen LogP contribution in [0.2, 0.25) is 0 Å². The van der Waals surface area contributed by atoms with Crippen LogP contribution in [-0.2, 0) is 6.18 Å². The maximum atomic E-state index is 13.2. The fourth-order valence-corrected chi connectivity index (χ4v) is 1.92. The third-order valence-corrected chi connectivity index (χ3v) is 3.42. The Morgan fingerprint density at radius 2 is 1.90 bits per heavy atom. The van der Waals surface area contributed by atoms with Crippen molar-refractivity contribution in [3.63, 3.8) is 0 Å². The largest absolute Gasteiger partial charge is 0.419 e. The number of rotatable bonds is 5. The highest BCUT2D eigenvalue weighted by atomic mass is 19.4. The van der Waals surface area contributed by atoms with Gasteiger partial charge < -0.3 is 4.90 Å². The number of alkyl halides is 3. The zero-order chi connectivity index (χ0) is 16.2. The van der Waals surface area contributed by atoms with E-state index in [1.807, 2.05) is 13.8 Å². The maximum absolute atomic E-state index is 13.2. The molecule has 0 saturated carbocycles. The van der Waals surface area contributed by atoms with Crippen LogP contribution < -0.4 is 0 Å². The minimum absolute atomic E-state index is 0.145. The molecule has 0 saturated heterocycles. The van der Waals surface area contributed by atoms with E-state index in [0.29, 0.717) is 25.2 Å². The molecule has 118 valence electrons. The molecule has 1 atom stereocenters. The van der Waals surface area contributed by atoms with E-state index in [4.69, 9.17) is 0 Å². The van der Waals surface area contributed by atoms with Crippen molar-refractivity contribution in [2.75, 3.05) is 13.1 Å². The highest BCUT2D eigenvalue weighted by Crippen LogP contribution is 2.32. The average Bonchev–Trinajstić information content (AvgIpc) is 2.42. The minimum Gasteiger partial charge on any atom is -0.339 e. The standard InChI is InChI=1S/C15H19F4NO/c1-4-10(3)9-20(5-2)14(21)11-6-7-13(16)12(8-11)15(17,18)19/h6-8,10H,4-5,9H2,1-3H3. The highest BCUT2D eigenvalue weighted by Gasteiger charge is 2.35. The second-order valence-electron chi connectivity index (χ2n) is 5.05. The summed E-state index contributed by atoms with van der Waals surface area (Å²) in [6.45, 7) is 6.55. The van der Waals surface area contributed by atoms with E-state index in [1.54, 1.807) is 6.92 Å². The van der Waals surface area contributed by atoms with Gasteiger partial charge in [-0.3, -0.25) is 4.79 Å². The lowest BCUT2D eigenvalue weighted by Gasteiger charge is -2.24. The molecule has 1 rings (SSSR count). The summed E-state index contributed by atoms with van der Waals surface area (Å²) in [5.74, 6) is -1.64. The molecule has 0 bridgehead atoms. The Balaban J connectivity index is 3.06. The van der Waals surface area contributed by atoms with Crippen LogP contribution in [0.15, 0.2) is 18.2 Å². The van der Waals surface area contributed by atoms with Gasteiger partial charge in [-0.15, -0.1) is 0 Å². The Hall–Kier alpha value is -1.59. The molecule has 6 heteroatoms. The molecular formula is C15H19F4NO. The number of halogens is 4. The first-order chi connectivity index (χ1) is 9.70. The normalized spacial score (nSPS) is 13.1. The summed E-state index contributed by atoms with van der Waals surface area (Å²) < 4.78 is 51.3. The fourth-order valence-electron chi connectivity index (χ4n) is 1.92. The fraction of sp³-hybridized carbons (Fsp3) is 0.533. The first-order valence-electron chi connectivity index (χ1n) is 6.86. The molecule has 1 aromatic carbocycles. The van der Waals surface area contributed by atoms with Gasteiger partial charge in [0, 0.05) is 18.7 Å². The number of nitrogens with zero attached hydrogens (tertiary/aromatic N) is 1. The zero-order valence-electron chi connectivity index (χ0n) is 12.3. The lowest BCUT2D eigenvalue weighted by atomic mass is 10.1. The third kappa shape index (κ3) is 4.44. The molecule has 0 N–H and O–H groups in total. The minimum atomic E-state index is -4.81. The number of amides is 1. The summed E-state index contributed by atoms with van der Waals surface area (Å²) in [5, 5.41) is 0. The maximum Gasteiger partial charge on any atom is 0.419 e. The van der Waals surface area contributed by atoms with Gasteiger partial charge in [0.1, 0.15) is 5.82 Å². The van der Waals surface area contributed by atoms with Crippen molar-refractivity contribution < 1.29 is 22.4 Å². The Bertz CT molecular complexity index is 499. The molecule has 1 unspecified atom stereocenters. The second kappa shape index (κ2) is 6.91. The van der Waals surface area contributed by atoms with Gasteiger partial charge in [0.15, 0.2) is 0 Å². The molecule has 1 amide bonds. The Kier molecular flexibility index (Phi) is 5.75. The van der Waals surface area contributed by atoms with E-state index in [2.05, 4.69) is 0 Å². The molecule has 0 heterocycles. The Labute approximate surface area is 121 Å². The van der Waals surface area contributed by atoms with Gasteiger partial charge in [-0.25, -0.2) is 4.39 Å². The van der Waals surface area contributed by atoms with Gasteiger partial charge in [-0.05, 0) is 31.0 Å². The predicted molar refractivity (Wildman–Crippen MR) is 72.4 cm³/mol. The van der Waals surface area contributed by atoms with Gasteiger partial charge >= 0.3 is 6.18 Å². The molecular weight excluding hydrogens is 286 g/mol. The van der Waals surface area contributed by atoms with E-state index in [-0.39, 0.29) is 11.5 Å². The van der Waals surface area contributed by atoms with Gasteiger partial charge in [-0.2, -0.15) is 13.2 Å². The zero-order valence-corrected chi connectivity index (χ0v) is 12.3. The SMILES string of the molecule is CCC(C)CN(CC)C(=O)c1ccc(F)c(C(F)(F)F)c1. The van der Waals surface area contributed by atoms with Crippen molar-refractivity contribution in [2.45, 2.75) is 33.4 Å². The number of hydrogen-bond donors (Lipinski definition) is 0. The van der Waals surface area contributed by atoms with E-state index >= 15 is 0 Å². The van der Waals surface area contributed by atoms with Crippen molar-refractivity contribution >= 4 is 5.91 Å². The smallest absolute Gasteiger partial charge is 0.339 e. The summed E-state index contributed by atoms with van der Waals surface area (Å²) in [5.41, 5.74) is -1.55. The quantitative estimate of drug-likeness (QED) is 0.740. The van der Waals surface area contributed by atoms with Crippen LogP contribution >= 0.6 is 0 Å². The molecule has 1 aromatic rings. The molecule has 0 aliphatic rings. The summed E-state index contributed by atoms with van der Waals surface area (Å²) in [4.78, 5) is 13.7. The van der Waals surface area contributed by atoms with E-state index in [0.717, 1.165) is 12.5 Å². The third-order valence-electron chi connectivity index (χ3n) is 3.42. The van der Waals surface area contributed by atoms with Crippen LogP contribution in [0.4, 0.5) is 17.6 Å². The molecule has 0 aliphatic heterocycles. The van der Waals surface area contributed by atoms with Crippen molar-refractivity contribution in [1.82, 2.24) is 4.90 Å². The van der Waals surface area contributed by atoms with Crippen molar-refractivity contribution in [1.29, 1.82) is 0 Å². The summed E-state index contributed by atoms with van der Waals surface area (Å²) in [6, 6.07) is 2.36. The van der Waals surface area contributed by atoms with Crippen LogP contribution in [0.3, 0.4) is 0 Å². The first kappa shape index (κ1) is 17.5. The lowest BCUT2D eigenvalue weighted by Crippen LogP contribution is -2.34. The molecule has 0 fully saturated rings. The number of hydrogen-bond acceptors (Lipinski definition) is 1. The van der Waals surface area contributed by atoms with E-state index in [9.17, 15) is 22.4 Å². The molecule has 2 nitrogen and oxygen atoms in total. The summed E-state index contributed by atoms with van der Waals surface area (Å²) in [7, 11) is 0. The summed E-state index contributed by atoms with van der Waals surface area (Å²) >= 11 is 0. The monoisotopic (exact) mass is 305 g/mol. The number of benzene rings is 1. The van der Waals surface area contributed by atoms with Gasteiger partial charge in [0.25, 0.3) is 5.91 Å². The van der Waals surface area contributed by atoms with Gasteiger partial charge in [0.05, 0.1) is 5.56 Å². The second-order valence-corrected chi connectivity index (χ2v) is 5.05. The van der Waals surface area contributed by atoms with Gasteiger partial charge in [0.2, 0.25) is 0 Å². The predicted octanol–water partition coefficient (Wildman–Crippen LogP) is 4.35. The number of carbonyl (C=O) groups is 1. The van der Waals surface area contributed by atoms with Crippen molar-refractivity contribution in [3.05, 3.63) is 35.1 Å². The first-order valence-corrected chi connectivity index (χ1v) is 6.86. The molecule has 0 aromatic heterocycles. The van der Waals surface area contributed by atoms with Gasteiger partial charge in [-0.1, -0.05) is 20.3 Å². The van der Waals surface area contributed by atoms with E-state index in [1.165, 1.54) is 4.90 Å². The van der Waals surface area contributed by atoms with Crippen molar-refractivity contribution in [3.8, 4) is 0 Å². The van der Waals surface area contributed by atoms with Crippen LogP contribution in [0.25, 0.3) is 0 Å². The highest BCUT2D eigenvalue weighted by molar-refractivity contribution is 5.94. The van der Waals surface area contributed by atoms with Crippen LogP contribution in [0.1, 0.15) is 43.1 Å². The topological polar surface area (TPSA) is 20.3 Å². The number of carbonyl (C=O) groups excluding carboxylic acids is 1. The van der Waals surface area contributed by atoms with Crippen LogP contribution in [0.5, 0.6) is 0 Å². The average molecular weight is 305 g/mol. The van der Waals surface area contributed by atoms with Crippen LogP contribution in [0, 0.1) is 11.7 Å². The molecule has 0 spiro atoms. The van der Waals surface area contributed by atoms with E-state index < -0.39 is 23.5 Å². The molecule has 21 heavy (non-hydrogen) atoms.